The Balaban J connectivity index is 1.60. The fourth-order valence-corrected chi connectivity index (χ4v) is 3.24. The van der Waals surface area contributed by atoms with Crippen LogP contribution in [0.15, 0.2) is 0 Å². The van der Waals surface area contributed by atoms with Crippen molar-refractivity contribution in [2.45, 2.75) is 57.3 Å². The van der Waals surface area contributed by atoms with E-state index >= 15 is 0 Å². The molecule has 0 aromatic rings. The van der Waals surface area contributed by atoms with Gasteiger partial charge in [-0.15, -0.1) is 0 Å². The zero-order valence-corrected chi connectivity index (χ0v) is 12.6. The van der Waals surface area contributed by atoms with E-state index in [0.717, 1.165) is 19.6 Å². The average molecular weight is 270 g/mol. The standard InChI is InChI=1S/C15H30N2O2/c1-3-19-14-12-13(15(14)18-2)16-8-11-17-9-6-4-5-7-10-17/h13-16H,3-12H2,1-2H3. The maximum atomic E-state index is 5.65. The average Bonchev–Trinajstić information content (AvgIpc) is 2.66. The Labute approximate surface area is 117 Å². The van der Waals surface area contributed by atoms with Crippen molar-refractivity contribution in [2.75, 3.05) is 39.9 Å². The maximum Gasteiger partial charge on any atom is 0.0986 e. The van der Waals surface area contributed by atoms with Gasteiger partial charge in [0.15, 0.2) is 0 Å². The van der Waals surface area contributed by atoms with Crippen LogP contribution in [0, 0.1) is 0 Å². The molecule has 1 aliphatic heterocycles. The third-order valence-corrected chi connectivity index (χ3v) is 4.44. The van der Waals surface area contributed by atoms with Gasteiger partial charge in [-0.05, 0) is 39.3 Å². The monoisotopic (exact) mass is 270 g/mol. The summed E-state index contributed by atoms with van der Waals surface area (Å²) in [6, 6.07) is 0.480. The molecule has 0 aromatic heterocycles. The smallest absolute Gasteiger partial charge is 0.0986 e. The van der Waals surface area contributed by atoms with E-state index in [-0.39, 0.29) is 6.10 Å². The van der Waals surface area contributed by atoms with Crippen molar-refractivity contribution < 1.29 is 9.47 Å². The number of nitrogens with zero attached hydrogens (tertiary/aromatic N) is 1. The second kappa shape index (κ2) is 8.20. The summed E-state index contributed by atoms with van der Waals surface area (Å²) in [4.78, 5) is 2.60. The van der Waals surface area contributed by atoms with Gasteiger partial charge in [0, 0.05) is 32.8 Å². The highest BCUT2D eigenvalue weighted by Crippen LogP contribution is 2.26. The van der Waals surface area contributed by atoms with E-state index in [1.54, 1.807) is 7.11 Å². The fraction of sp³-hybridized carbons (Fsp3) is 1.00. The first-order valence-electron chi connectivity index (χ1n) is 7.95. The Morgan fingerprint density at radius 2 is 1.89 bits per heavy atom. The summed E-state index contributed by atoms with van der Waals surface area (Å²) < 4.78 is 11.2. The van der Waals surface area contributed by atoms with Crippen LogP contribution < -0.4 is 5.32 Å². The summed E-state index contributed by atoms with van der Waals surface area (Å²) in [5.74, 6) is 0. The van der Waals surface area contributed by atoms with Crippen molar-refractivity contribution in [2.24, 2.45) is 0 Å². The molecule has 112 valence electrons. The number of hydrogen-bond acceptors (Lipinski definition) is 4. The molecule has 1 heterocycles. The lowest BCUT2D eigenvalue weighted by Gasteiger charge is -2.43. The zero-order chi connectivity index (χ0) is 13.5. The summed E-state index contributed by atoms with van der Waals surface area (Å²) in [6.07, 6.45) is 7.19. The predicted molar refractivity (Wildman–Crippen MR) is 77.5 cm³/mol. The first-order chi connectivity index (χ1) is 9.35. The topological polar surface area (TPSA) is 33.7 Å². The Hall–Kier alpha value is -0.160. The van der Waals surface area contributed by atoms with Gasteiger partial charge in [0.25, 0.3) is 0 Å². The molecule has 1 N–H and O–H groups in total. The van der Waals surface area contributed by atoms with E-state index in [0.29, 0.717) is 12.1 Å². The van der Waals surface area contributed by atoms with Crippen LogP contribution in [-0.2, 0) is 9.47 Å². The number of methoxy groups -OCH3 is 1. The van der Waals surface area contributed by atoms with Crippen molar-refractivity contribution in [3.05, 3.63) is 0 Å². The van der Waals surface area contributed by atoms with Gasteiger partial charge in [0.1, 0.15) is 0 Å². The van der Waals surface area contributed by atoms with Crippen LogP contribution in [-0.4, -0.2) is 63.0 Å². The predicted octanol–water partition coefficient (Wildman–Crippen LogP) is 1.64. The van der Waals surface area contributed by atoms with Gasteiger partial charge in [0.05, 0.1) is 12.2 Å². The molecule has 0 spiro atoms. The van der Waals surface area contributed by atoms with Crippen LogP contribution >= 0.6 is 0 Å². The summed E-state index contributed by atoms with van der Waals surface area (Å²) in [6.45, 7) is 7.64. The highest BCUT2D eigenvalue weighted by Gasteiger charge is 2.41. The van der Waals surface area contributed by atoms with Crippen molar-refractivity contribution in [3.8, 4) is 0 Å². The third kappa shape index (κ3) is 4.42. The molecule has 4 heteroatoms. The summed E-state index contributed by atoms with van der Waals surface area (Å²) >= 11 is 0. The molecular weight excluding hydrogens is 240 g/mol. The van der Waals surface area contributed by atoms with Crippen molar-refractivity contribution in [1.82, 2.24) is 10.2 Å². The van der Waals surface area contributed by atoms with Crippen LogP contribution in [0.5, 0.6) is 0 Å². The van der Waals surface area contributed by atoms with Gasteiger partial charge in [-0.3, -0.25) is 0 Å². The number of nitrogens with one attached hydrogen (secondary N) is 1. The Bertz CT molecular complexity index is 242. The molecule has 3 unspecified atom stereocenters. The molecule has 19 heavy (non-hydrogen) atoms. The second-order valence-corrected chi connectivity index (χ2v) is 5.75. The molecule has 0 aromatic carbocycles. The van der Waals surface area contributed by atoms with Crippen LogP contribution in [0.2, 0.25) is 0 Å². The molecule has 1 aliphatic carbocycles. The summed E-state index contributed by atoms with van der Waals surface area (Å²) in [5.41, 5.74) is 0. The molecule has 3 atom stereocenters. The number of likely N-dealkylation sites (tertiary alicyclic amines) is 1. The molecule has 2 fully saturated rings. The lowest BCUT2D eigenvalue weighted by Crippen LogP contribution is -2.60. The van der Waals surface area contributed by atoms with Crippen LogP contribution in [0.4, 0.5) is 0 Å². The van der Waals surface area contributed by atoms with Crippen LogP contribution in [0.25, 0.3) is 0 Å². The summed E-state index contributed by atoms with van der Waals surface area (Å²) in [5, 5.41) is 3.63. The van der Waals surface area contributed by atoms with E-state index in [9.17, 15) is 0 Å². The fourth-order valence-electron chi connectivity index (χ4n) is 3.24. The lowest BCUT2D eigenvalue weighted by molar-refractivity contribution is -0.131. The first-order valence-corrected chi connectivity index (χ1v) is 7.95. The van der Waals surface area contributed by atoms with Crippen LogP contribution in [0.1, 0.15) is 39.0 Å². The van der Waals surface area contributed by atoms with E-state index in [2.05, 4.69) is 10.2 Å². The highest BCUT2D eigenvalue weighted by molar-refractivity contribution is 4.97. The van der Waals surface area contributed by atoms with E-state index in [1.807, 2.05) is 6.92 Å². The number of rotatable bonds is 7. The minimum absolute atomic E-state index is 0.240. The second-order valence-electron chi connectivity index (χ2n) is 5.75. The number of ether oxygens (including phenoxy) is 2. The summed E-state index contributed by atoms with van der Waals surface area (Å²) in [7, 11) is 1.79. The SMILES string of the molecule is CCOC1CC(NCCN2CCCCCC2)C1OC. The first kappa shape index (κ1) is 15.2. The molecule has 0 radical (unpaired) electrons. The largest absolute Gasteiger partial charge is 0.377 e. The van der Waals surface area contributed by atoms with Crippen LogP contribution in [0.3, 0.4) is 0 Å². The minimum atomic E-state index is 0.240. The van der Waals surface area contributed by atoms with E-state index < -0.39 is 0 Å². The van der Waals surface area contributed by atoms with Gasteiger partial charge in [-0.25, -0.2) is 0 Å². The minimum Gasteiger partial charge on any atom is -0.377 e. The quantitative estimate of drug-likeness (QED) is 0.762. The molecule has 0 bridgehead atoms. The number of hydrogen-bond donors (Lipinski definition) is 1. The molecule has 4 nitrogen and oxygen atoms in total. The molecule has 2 rings (SSSR count). The third-order valence-electron chi connectivity index (χ3n) is 4.44. The van der Waals surface area contributed by atoms with E-state index in [1.165, 1.54) is 45.3 Å². The molecule has 1 saturated heterocycles. The van der Waals surface area contributed by atoms with Gasteiger partial charge < -0.3 is 19.7 Å². The Morgan fingerprint density at radius 3 is 2.53 bits per heavy atom. The Kier molecular flexibility index (Phi) is 6.57. The van der Waals surface area contributed by atoms with Crippen molar-refractivity contribution in [3.63, 3.8) is 0 Å². The molecule has 2 aliphatic rings. The molecule has 0 amide bonds. The zero-order valence-electron chi connectivity index (χ0n) is 12.6. The van der Waals surface area contributed by atoms with Crippen molar-refractivity contribution >= 4 is 0 Å². The molecule has 1 saturated carbocycles. The Morgan fingerprint density at radius 1 is 1.16 bits per heavy atom. The van der Waals surface area contributed by atoms with Gasteiger partial charge in [-0.1, -0.05) is 12.8 Å². The van der Waals surface area contributed by atoms with Gasteiger partial charge in [0.2, 0.25) is 0 Å². The normalized spacial score (nSPS) is 32.8. The van der Waals surface area contributed by atoms with Gasteiger partial charge >= 0.3 is 0 Å². The van der Waals surface area contributed by atoms with Gasteiger partial charge in [-0.2, -0.15) is 0 Å². The van der Waals surface area contributed by atoms with Crippen molar-refractivity contribution in [1.29, 1.82) is 0 Å². The lowest BCUT2D eigenvalue weighted by atomic mass is 9.85. The molecular formula is C15H30N2O2. The highest BCUT2D eigenvalue weighted by atomic mass is 16.5. The van der Waals surface area contributed by atoms with E-state index in [4.69, 9.17) is 9.47 Å². The maximum absolute atomic E-state index is 5.65.